The molecule has 1 amide bonds. The lowest BCUT2D eigenvalue weighted by Gasteiger charge is -2.06. The number of rotatable bonds is 3. The number of aromatic amines is 1. The van der Waals surface area contributed by atoms with Crippen molar-refractivity contribution in [3.63, 3.8) is 0 Å². The molecular formula is C14H16N4O. The van der Waals surface area contributed by atoms with Crippen LogP contribution >= 0.6 is 0 Å². The Morgan fingerprint density at radius 2 is 2.37 bits per heavy atom. The number of nitrogens with one attached hydrogen (secondary N) is 3. The van der Waals surface area contributed by atoms with Crippen molar-refractivity contribution in [2.24, 2.45) is 0 Å². The number of hydrogen-bond donors (Lipinski definition) is 3. The minimum atomic E-state index is -0.103. The molecule has 3 N–H and O–H groups in total. The molecule has 0 bridgehead atoms. The van der Waals surface area contributed by atoms with Gasteiger partial charge < -0.3 is 10.6 Å². The lowest BCUT2D eigenvalue weighted by molar-refractivity contribution is 0.102. The van der Waals surface area contributed by atoms with E-state index in [1.54, 1.807) is 6.20 Å². The molecule has 0 saturated heterocycles. The minimum absolute atomic E-state index is 0.103. The third-order valence-corrected chi connectivity index (χ3v) is 3.41. The Hall–Kier alpha value is -2.30. The van der Waals surface area contributed by atoms with Gasteiger partial charge in [-0.3, -0.25) is 9.89 Å². The van der Waals surface area contributed by atoms with Gasteiger partial charge in [-0.05, 0) is 36.6 Å². The zero-order chi connectivity index (χ0) is 13.2. The van der Waals surface area contributed by atoms with Crippen LogP contribution in [0.3, 0.4) is 0 Å². The van der Waals surface area contributed by atoms with E-state index in [-0.39, 0.29) is 5.91 Å². The molecule has 5 heteroatoms. The van der Waals surface area contributed by atoms with Gasteiger partial charge in [0.1, 0.15) is 5.82 Å². The van der Waals surface area contributed by atoms with Crippen molar-refractivity contribution in [3.05, 3.63) is 41.1 Å². The Morgan fingerprint density at radius 3 is 3.21 bits per heavy atom. The molecule has 0 spiro atoms. The Morgan fingerprint density at radius 1 is 1.47 bits per heavy atom. The molecule has 0 saturated carbocycles. The van der Waals surface area contributed by atoms with E-state index in [1.807, 2.05) is 25.1 Å². The summed E-state index contributed by atoms with van der Waals surface area (Å²) in [6.07, 6.45) is 3.54. The summed E-state index contributed by atoms with van der Waals surface area (Å²) in [5.74, 6) is 0.583. The number of hydrogen-bond acceptors (Lipinski definition) is 3. The largest absolute Gasteiger partial charge is 0.384 e. The fourth-order valence-corrected chi connectivity index (χ4v) is 2.32. The van der Waals surface area contributed by atoms with Crippen LogP contribution in [0.25, 0.3) is 0 Å². The quantitative estimate of drug-likeness (QED) is 0.788. The molecule has 3 rings (SSSR count). The van der Waals surface area contributed by atoms with E-state index in [9.17, 15) is 4.79 Å². The Kier molecular flexibility index (Phi) is 2.95. The highest BCUT2D eigenvalue weighted by molar-refractivity contribution is 6.04. The third-order valence-electron chi connectivity index (χ3n) is 3.41. The summed E-state index contributed by atoms with van der Waals surface area (Å²) >= 11 is 0. The van der Waals surface area contributed by atoms with Gasteiger partial charge in [-0.1, -0.05) is 6.92 Å². The van der Waals surface area contributed by atoms with Crippen LogP contribution in [0.1, 0.15) is 28.4 Å². The number of carbonyl (C=O) groups excluding carboxylic acids is 1. The summed E-state index contributed by atoms with van der Waals surface area (Å²) in [7, 11) is 0. The number of amides is 1. The van der Waals surface area contributed by atoms with Crippen molar-refractivity contribution in [2.45, 2.75) is 19.8 Å². The monoisotopic (exact) mass is 256 g/mol. The molecule has 98 valence electrons. The second-order valence-corrected chi connectivity index (χ2v) is 4.63. The molecule has 0 atom stereocenters. The van der Waals surface area contributed by atoms with Crippen LogP contribution in [0.5, 0.6) is 0 Å². The number of H-pyrrole nitrogens is 1. The summed E-state index contributed by atoms with van der Waals surface area (Å²) < 4.78 is 0. The molecule has 2 aromatic rings. The summed E-state index contributed by atoms with van der Waals surface area (Å²) in [5, 5.41) is 12.9. The molecule has 5 nitrogen and oxygen atoms in total. The molecular weight excluding hydrogens is 240 g/mol. The highest BCUT2D eigenvalue weighted by Gasteiger charge is 2.14. The summed E-state index contributed by atoms with van der Waals surface area (Å²) in [5.41, 5.74) is 4.02. The predicted octanol–water partition coefficient (Wildman–Crippen LogP) is 2.19. The number of fused-ring (bicyclic) bond motifs is 1. The van der Waals surface area contributed by atoms with Gasteiger partial charge in [0.05, 0.1) is 6.20 Å². The molecule has 1 aromatic heterocycles. The number of carbonyl (C=O) groups is 1. The molecule has 0 radical (unpaired) electrons. The first-order chi connectivity index (χ1) is 9.28. The maximum absolute atomic E-state index is 12.2. The van der Waals surface area contributed by atoms with Gasteiger partial charge in [0.15, 0.2) is 0 Å². The lowest BCUT2D eigenvalue weighted by Crippen LogP contribution is -2.13. The van der Waals surface area contributed by atoms with Gasteiger partial charge in [0.2, 0.25) is 0 Å². The van der Waals surface area contributed by atoms with Crippen molar-refractivity contribution in [1.29, 1.82) is 0 Å². The zero-order valence-electron chi connectivity index (χ0n) is 10.8. The Bertz CT molecular complexity index is 618. The average molecular weight is 256 g/mol. The fraction of sp³-hybridized carbons (Fsp3) is 0.286. The predicted molar refractivity (Wildman–Crippen MR) is 74.6 cm³/mol. The van der Waals surface area contributed by atoms with Crippen LogP contribution in [0.2, 0.25) is 0 Å². The van der Waals surface area contributed by atoms with Gasteiger partial charge in [0, 0.05) is 23.4 Å². The minimum Gasteiger partial charge on any atom is -0.384 e. The zero-order valence-corrected chi connectivity index (χ0v) is 10.8. The van der Waals surface area contributed by atoms with E-state index in [2.05, 4.69) is 20.8 Å². The maximum Gasteiger partial charge on any atom is 0.256 e. The van der Waals surface area contributed by atoms with Crippen LogP contribution in [0, 0.1) is 0 Å². The van der Waals surface area contributed by atoms with Gasteiger partial charge in [-0.2, -0.15) is 5.10 Å². The van der Waals surface area contributed by atoms with Gasteiger partial charge >= 0.3 is 0 Å². The SMILES string of the molecule is CCc1cn[nH]c1NC(=O)c1ccc2c(c1)CCN2. The summed E-state index contributed by atoms with van der Waals surface area (Å²) in [6.45, 7) is 2.97. The molecule has 0 aliphatic carbocycles. The highest BCUT2D eigenvalue weighted by Crippen LogP contribution is 2.23. The van der Waals surface area contributed by atoms with E-state index in [4.69, 9.17) is 0 Å². The Balaban J connectivity index is 1.81. The van der Waals surface area contributed by atoms with E-state index >= 15 is 0 Å². The third kappa shape index (κ3) is 2.19. The van der Waals surface area contributed by atoms with Crippen LogP contribution < -0.4 is 10.6 Å². The Labute approximate surface area is 111 Å². The molecule has 2 heterocycles. The first-order valence-electron chi connectivity index (χ1n) is 6.48. The molecule has 0 fully saturated rings. The molecule has 1 aliphatic rings. The smallest absolute Gasteiger partial charge is 0.256 e. The van der Waals surface area contributed by atoms with Gasteiger partial charge in [0.25, 0.3) is 5.91 Å². The first-order valence-corrected chi connectivity index (χ1v) is 6.48. The second-order valence-electron chi connectivity index (χ2n) is 4.63. The van der Waals surface area contributed by atoms with Crippen LogP contribution in [0.4, 0.5) is 11.5 Å². The highest BCUT2D eigenvalue weighted by atomic mass is 16.1. The number of benzene rings is 1. The van der Waals surface area contributed by atoms with Gasteiger partial charge in [-0.15, -0.1) is 0 Å². The van der Waals surface area contributed by atoms with E-state index < -0.39 is 0 Å². The van der Waals surface area contributed by atoms with Crippen molar-refractivity contribution in [2.75, 3.05) is 17.2 Å². The van der Waals surface area contributed by atoms with Crippen LogP contribution in [0.15, 0.2) is 24.4 Å². The maximum atomic E-state index is 12.2. The van der Waals surface area contributed by atoms with E-state index in [0.717, 1.165) is 30.6 Å². The first kappa shape index (κ1) is 11.8. The lowest BCUT2D eigenvalue weighted by atomic mass is 10.1. The standard InChI is InChI=1S/C14H16N4O/c1-2-9-8-16-18-13(9)17-14(19)11-3-4-12-10(7-11)5-6-15-12/h3-4,7-8,15H,2,5-6H2,1H3,(H2,16,17,18,19). The van der Waals surface area contributed by atoms with Crippen LogP contribution in [-0.4, -0.2) is 22.6 Å². The van der Waals surface area contributed by atoms with Crippen molar-refractivity contribution in [1.82, 2.24) is 10.2 Å². The number of aromatic nitrogens is 2. The second kappa shape index (κ2) is 4.76. The molecule has 19 heavy (non-hydrogen) atoms. The van der Waals surface area contributed by atoms with Crippen molar-refractivity contribution in [3.8, 4) is 0 Å². The van der Waals surface area contributed by atoms with Crippen molar-refractivity contribution >= 4 is 17.4 Å². The number of nitrogens with zero attached hydrogens (tertiary/aromatic N) is 1. The average Bonchev–Trinajstić information content (AvgIpc) is 3.05. The fourth-order valence-electron chi connectivity index (χ4n) is 2.32. The van der Waals surface area contributed by atoms with E-state index in [0.29, 0.717) is 11.4 Å². The van der Waals surface area contributed by atoms with Crippen LogP contribution in [-0.2, 0) is 12.8 Å². The molecule has 1 aromatic carbocycles. The molecule has 0 unspecified atom stereocenters. The molecule has 1 aliphatic heterocycles. The van der Waals surface area contributed by atoms with Gasteiger partial charge in [-0.25, -0.2) is 0 Å². The number of anilines is 2. The number of aryl methyl sites for hydroxylation is 1. The van der Waals surface area contributed by atoms with Crippen molar-refractivity contribution < 1.29 is 4.79 Å². The normalized spacial score (nSPS) is 12.9. The summed E-state index contributed by atoms with van der Waals surface area (Å²) in [4.78, 5) is 12.2. The topological polar surface area (TPSA) is 69.8 Å². The van der Waals surface area contributed by atoms with E-state index in [1.165, 1.54) is 5.56 Å². The summed E-state index contributed by atoms with van der Waals surface area (Å²) in [6, 6.07) is 5.76.